The van der Waals surface area contributed by atoms with Crippen LogP contribution in [-0.4, -0.2) is 60.6 Å². The molecule has 1 heterocycles. The van der Waals surface area contributed by atoms with E-state index in [1.165, 1.54) is 11.0 Å². The molecule has 1 saturated heterocycles. The van der Waals surface area contributed by atoms with Gasteiger partial charge in [-0.1, -0.05) is 11.6 Å². The zero-order chi connectivity index (χ0) is 20.2. The first-order valence-corrected chi connectivity index (χ1v) is 8.84. The Bertz CT molecular complexity index is 692. The standard InChI is InChI=1S/C17H21ClF3N3O3/c1-3-27-16(26)24-8-6-23(7-9-24)11(2)15(25)22-14-5-4-12(18)10-13(14)17(19,20)21/h4-5,10-11H,3,6-9H2,1-2H3,(H,22,25). The number of nitrogens with zero attached hydrogens (tertiary/aromatic N) is 2. The van der Waals surface area contributed by atoms with E-state index in [9.17, 15) is 22.8 Å². The van der Waals surface area contributed by atoms with Gasteiger partial charge in [-0.2, -0.15) is 13.2 Å². The number of amides is 2. The topological polar surface area (TPSA) is 61.9 Å². The number of nitrogens with one attached hydrogen (secondary N) is 1. The summed E-state index contributed by atoms with van der Waals surface area (Å²) in [5.41, 5.74) is -1.34. The van der Waals surface area contributed by atoms with Crippen molar-refractivity contribution in [2.24, 2.45) is 0 Å². The van der Waals surface area contributed by atoms with Gasteiger partial charge in [0, 0.05) is 31.2 Å². The average Bonchev–Trinajstić information content (AvgIpc) is 2.62. The van der Waals surface area contributed by atoms with Gasteiger partial charge in [0.1, 0.15) is 0 Å². The first-order valence-electron chi connectivity index (χ1n) is 8.46. The van der Waals surface area contributed by atoms with E-state index in [2.05, 4.69) is 5.32 Å². The summed E-state index contributed by atoms with van der Waals surface area (Å²) in [7, 11) is 0. The highest BCUT2D eigenvalue weighted by Gasteiger charge is 2.35. The van der Waals surface area contributed by atoms with Crippen molar-refractivity contribution in [3.63, 3.8) is 0 Å². The molecule has 1 aliphatic heterocycles. The summed E-state index contributed by atoms with van der Waals surface area (Å²) in [6.45, 7) is 5.20. The van der Waals surface area contributed by atoms with Crippen LogP contribution in [0.25, 0.3) is 0 Å². The molecule has 1 atom stereocenters. The Morgan fingerprint density at radius 3 is 2.44 bits per heavy atom. The molecule has 27 heavy (non-hydrogen) atoms. The van der Waals surface area contributed by atoms with Gasteiger partial charge in [-0.25, -0.2) is 4.79 Å². The third-order valence-electron chi connectivity index (χ3n) is 4.31. The van der Waals surface area contributed by atoms with E-state index in [-0.39, 0.29) is 17.3 Å². The Kier molecular flexibility index (Phi) is 6.94. The summed E-state index contributed by atoms with van der Waals surface area (Å²) in [4.78, 5) is 27.5. The second-order valence-electron chi connectivity index (χ2n) is 6.07. The number of hydrogen-bond donors (Lipinski definition) is 1. The van der Waals surface area contributed by atoms with Gasteiger partial charge >= 0.3 is 12.3 Å². The molecule has 0 aliphatic carbocycles. The van der Waals surface area contributed by atoms with Crippen molar-refractivity contribution >= 4 is 29.3 Å². The van der Waals surface area contributed by atoms with Crippen molar-refractivity contribution in [1.29, 1.82) is 0 Å². The number of halogens is 4. The molecule has 150 valence electrons. The fourth-order valence-electron chi connectivity index (χ4n) is 2.77. The summed E-state index contributed by atoms with van der Waals surface area (Å²) in [5, 5.41) is 2.26. The largest absolute Gasteiger partial charge is 0.450 e. The molecule has 1 aliphatic rings. The second-order valence-corrected chi connectivity index (χ2v) is 6.51. The molecule has 1 N–H and O–H groups in total. The van der Waals surface area contributed by atoms with E-state index in [0.29, 0.717) is 26.2 Å². The maximum absolute atomic E-state index is 13.1. The predicted molar refractivity (Wildman–Crippen MR) is 94.7 cm³/mol. The van der Waals surface area contributed by atoms with Gasteiger partial charge in [-0.3, -0.25) is 9.69 Å². The number of alkyl halides is 3. The molecule has 1 fully saturated rings. The first-order chi connectivity index (χ1) is 12.6. The fraction of sp³-hybridized carbons (Fsp3) is 0.529. The van der Waals surface area contributed by atoms with E-state index in [4.69, 9.17) is 16.3 Å². The molecular formula is C17H21ClF3N3O3. The molecule has 1 unspecified atom stereocenters. The number of piperazine rings is 1. The Hall–Kier alpha value is -2.00. The number of carbonyl (C=O) groups excluding carboxylic acids is 2. The first kappa shape index (κ1) is 21.3. The monoisotopic (exact) mass is 407 g/mol. The molecule has 2 rings (SSSR count). The van der Waals surface area contributed by atoms with Gasteiger partial charge < -0.3 is 15.0 Å². The molecular weight excluding hydrogens is 387 g/mol. The SMILES string of the molecule is CCOC(=O)N1CCN(C(C)C(=O)Nc2ccc(Cl)cc2C(F)(F)F)CC1. The van der Waals surface area contributed by atoms with E-state index >= 15 is 0 Å². The fourth-order valence-corrected chi connectivity index (χ4v) is 2.94. The van der Waals surface area contributed by atoms with E-state index < -0.39 is 29.8 Å². The zero-order valence-electron chi connectivity index (χ0n) is 15.0. The molecule has 2 amide bonds. The van der Waals surface area contributed by atoms with E-state index in [1.807, 2.05) is 0 Å². The third kappa shape index (κ3) is 5.49. The van der Waals surface area contributed by atoms with Gasteiger partial charge in [0.25, 0.3) is 0 Å². The minimum absolute atomic E-state index is 0.0662. The lowest BCUT2D eigenvalue weighted by Gasteiger charge is -2.36. The van der Waals surface area contributed by atoms with Crippen LogP contribution in [0.3, 0.4) is 0 Å². The maximum atomic E-state index is 13.1. The number of ether oxygens (including phenoxy) is 1. The lowest BCUT2D eigenvalue weighted by Crippen LogP contribution is -2.54. The normalized spacial score (nSPS) is 16.7. The van der Waals surface area contributed by atoms with Crippen LogP contribution < -0.4 is 5.32 Å². The van der Waals surface area contributed by atoms with Crippen LogP contribution in [0.5, 0.6) is 0 Å². The van der Waals surface area contributed by atoms with Crippen molar-refractivity contribution in [3.05, 3.63) is 28.8 Å². The molecule has 0 radical (unpaired) electrons. The lowest BCUT2D eigenvalue weighted by molar-refractivity contribution is -0.137. The highest BCUT2D eigenvalue weighted by Crippen LogP contribution is 2.36. The van der Waals surface area contributed by atoms with Crippen LogP contribution in [0.2, 0.25) is 5.02 Å². The van der Waals surface area contributed by atoms with Crippen molar-refractivity contribution in [2.45, 2.75) is 26.1 Å². The van der Waals surface area contributed by atoms with Crippen LogP contribution in [0.1, 0.15) is 19.4 Å². The van der Waals surface area contributed by atoms with Crippen LogP contribution >= 0.6 is 11.6 Å². The van der Waals surface area contributed by atoms with E-state index in [0.717, 1.165) is 12.1 Å². The van der Waals surface area contributed by atoms with Crippen LogP contribution in [0.4, 0.5) is 23.7 Å². The van der Waals surface area contributed by atoms with Gasteiger partial charge in [0.05, 0.1) is 23.9 Å². The van der Waals surface area contributed by atoms with Crippen LogP contribution in [0, 0.1) is 0 Å². The predicted octanol–water partition coefficient (Wildman–Crippen LogP) is 3.46. The minimum Gasteiger partial charge on any atom is -0.450 e. The Morgan fingerprint density at radius 2 is 1.89 bits per heavy atom. The summed E-state index contributed by atoms with van der Waals surface area (Å²) in [6.07, 6.45) is -5.05. The van der Waals surface area contributed by atoms with Gasteiger partial charge in [0.2, 0.25) is 5.91 Å². The molecule has 0 aromatic heterocycles. The number of benzene rings is 1. The molecule has 0 saturated carbocycles. The summed E-state index contributed by atoms with van der Waals surface area (Å²) < 4.78 is 44.4. The Labute approximate surface area is 160 Å². The minimum atomic E-state index is -4.64. The van der Waals surface area contributed by atoms with Gasteiger partial charge in [-0.05, 0) is 32.0 Å². The van der Waals surface area contributed by atoms with Gasteiger partial charge in [-0.15, -0.1) is 0 Å². The Morgan fingerprint density at radius 1 is 1.26 bits per heavy atom. The molecule has 0 spiro atoms. The number of rotatable bonds is 4. The summed E-state index contributed by atoms with van der Waals surface area (Å²) in [5.74, 6) is -0.563. The Balaban J connectivity index is 2.00. The van der Waals surface area contributed by atoms with Crippen molar-refractivity contribution in [1.82, 2.24) is 9.80 Å². The number of anilines is 1. The quantitative estimate of drug-likeness (QED) is 0.830. The zero-order valence-corrected chi connectivity index (χ0v) is 15.7. The van der Waals surface area contributed by atoms with Crippen LogP contribution in [0.15, 0.2) is 18.2 Å². The highest BCUT2D eigenvalue weighted by atomic mass is 35.5. The second kappa shape index (κ2) is 8.79. The van der Waals surface area contributed by atoms with Crippen molar-refractivity contribution in [3.8, 4) is 0 Å². The van der Waals surface area contributed by atoms with Crippen molar-refractivity contribution < 1.29 is 27.5 Å². The summed E-state index contributed by atoms with van der Waals surface area (Å²) in [6, 6.07) is 2.54. The van der Waals surface area contributed by atoms with E-state index in [1.54, 1.807) is 18.7 Å². The maximum Gasteiger partial charge on any atom is 0.418 e. The molecule has 1 aromatic carbocycles. The third-order valence-corrected chi connectivity index (χ3v) is 4.55. The van der Waals surface area contributed by atoms with Crippen LogP contribution in [-0.2, 0) is 15.7 Å². The lowest BCUT2D eigenvalue weighted by atomic mass is 10.1. The van der Waals surface area contributed by atoms with Gasteiger partial charge in [0.15, 0.2) is 0 Å². The highest BCUT2D eigenvalue weighted by molar-refractivity contribution is 6.30. The molecule has 10 heteroatoms. The molecule has 6 nitrogen and oxygen atoms in total. The molecule has 1 aromatic rings. The number of hydrogen-bond acceptors (Lipinski definition) is 4. The average molecular weight is 408 g/mol. The number of carbonyl (C=O) groups is 2. The summed E-state index contributed by atoms with van der Waals surface area (Å²) >= 11 is 5.64. The van der Waals surface area contributed by atoms with Crippen molar-refractivity contribution in [2.75, 3.05) is 38.1 Å². The smallest absolute Gasteiger partial charge is 0.418 e. The molecule has 0 bridgehead atoms.